The molecule has 1 amide bonds. The summed E-state index contributed by atoms with van der Waals surface area (Å²) in [5.74, 6) is 0.0367. The number of nitrogens with zero attached hydrogens (tertiary/aromatic N) is 1. The van der Waals surface area contributed by atoms with E-state index in [1.807, 2.05) is 24.0 Å². The fourth-order valence-electron chi connectivity index (χ4n) is 2.50. The molecule has 4 heteroatoms. The molecule has 1 aliphatic heterocycles. The minimum Gasteiger partial charge on any atom is -0.398 e. The van der Waals surface area contributed by atoms with Gasteiger partial charge in [-0.15, -0.1) is 0 Å². The van der Waals surface area contributed by atoms with E-state index in [2.05, 4.69) is 6.92 Å². The topological polar surface area (TPSA) is 55.6 Å². The van der Waals surface area contributed by atoms with Crippen LogP contribution in [0.25, 0.3) is 0 Å². The molecule has 4 nitrogen and oxygen atoms in total. The van der Waals surface area contributed by atoms with Crippen molar-refractivity contribution in [3.8, 4) is 0 Å². The van der Waals surface area contributed by atoms with E-state index in [1.165, 1.54) is 0 Å². The van der Waals surface area contributed by atoms with Crippen LogP contribution < -0.4 is 5.73 Å². The highest BCUT2D eigenvalue weighted by atomic mass is 16.5. The monoisotopic (exact) mass is 262 g/mol. The van der Waals surface area contributed by atoms with E-state index in [0.29, 0.717) is 17.8 Å². The van der Waals surface area contributed by atoms with Crippen LogP contribution in [0, 0.1) is 6.92 Å². The first-order valence-electron chi connectivity index (χ1n) is 6.66. The zero-order chi connectivity index (χ0) is 14.0. The van der Waals surface area contributed by atoms with Crippen molar-refractivity contribution >= 4 is 11.6 Å². The van der Waals surface area contributed by atoms with Gasteiger partial charge in [0.1, 0.15) is 0 Å². The molecule has 0 bridgehead atoms. The average molecular weight is 262 g/mol. The smallest absolute Gasteiger partial charge is 0.254 e. The Kier molecular flexibility index (Phi) is 3.80. The maximum Gasteiger partial charge on any atom is 0.254 e. The molecule has 1 unspecified atom stereocenters. The summed E-state index contributed by atoms with van der Waals surface area (Å²) in [5, 5.41) is 0. The number of aryl methyl sites for hydroxylation is 1. The Balaban J connectivity index is 2.17. The average Bonchev–Trinajstić information content (AvgIpc) is 2.41. The van der Waals surface area contributed by atoms with Crippen molar-refractivity contribution in [1.82, 2.24) is 4.90 Å². The lowest BCUT2D eigenvalue weighted by Crippen LogP contribution is -2.49. The SMILES string of the molecule is COC1(C)CCCN(C(=O)c2ccc(C)c(N)c2)C1. The number of amides is 1. The van der Waals surface area contributed by atoms with Crippen molar-refractivity contribution in [3.63, 3.8) is 0 Å². The zero-order valence-electron chi connectivity index (χ0n) is 11.9. The van der Waals surface area contributed by atoms with Gasteiger partial charge in [-0.3, -0.25) is 4.79 Å². The summed E-state index contributed by atoms with van der Waals surface area (Å²) in [6.45, 7) is 5.41. The van der Waals surface area contributed by atoms with E-state index in [1.54, 1.807) is 13.2 Å². The van der Waals surface area contributed by atoms with Crippen molar-refractivity contribution in [2.24, 2.45) is 0 Å². The highest BCUT2D eigenvalue weighted by Gasteiger charge is 2.33. The summed E-state index contributed by atoms with van der Waals surface area (Å²) >= 11 is 0. The van der Waals surface area contributed by atoms with Crippen LogP contribution in [0.4, 0.5) is 5.69 Å². The second kappa shape index (κ2) is 5.21. The molecule has 1 fully saturated rings. The zero-order valence-corrected chi connectivity index (χ0v) is 11.9. The molecule has 2 N–H and O–H groups in total. The highest BCUT2D eigenvalue weighted by Crippen LogP contribution is 2.25. The van der Waals surface area contributed by atoms with Crippen LogP contribution in [0.2, 0.25) is 0 Å². The maximum absolute atomic E-state index is 12.5. The van der Waals surface area contributed by atoms with Gasteiger partial charge in [0.05, 0.1) is 5.60 Å². The number of hydrogen-bond acceptors (Lipinski definition) is 3. The van der Waals surface area contributed by atoms with Crippen LogP contribution in [0.3, 0.4) is 0 Å². The molecular weight excluding hydrogens is 240 g/mol. The molecule has 2 rings (SSSR count). The Morgan fingerprint density at radius 3 is 2.84 bits per heavy atom. The summed E-state index contributed by atoms with van der Waals surface area (Å²) in [6, 6.07) is 5.49. The largest absolute Gasteiger partial charge is 0.398 e. The second-order valence-corrected chi connectivity index (χ2v) is 5.56. The number of piperidine rings is 1. The van der Waals surface area contributed by atoms with Gasteiger partial charge < -0.3 is 15.4 Å². The van der Waals surface area contributed by atoms with Gasteiger partial charge in [-0.2, -0.15) is 0 Å². The van der Waals surface area contributed by atoms with Crippen LogP contribution in [0.15, 0.2) is 18.2 Å². The van der Waals surface area contributed by atoms with E-state index in [9.17, 15) is 4.79 Å². The second-order valence-electron chi connectivity index (χ2n) is 5.56. The van der Waals surface area contributed by atoms with Gasteiger partial charge in [-0.25, -0.2) is 0 Å². The number of nitrogens with two attached hydrogens (primary N) is 1. The van der Waals surface area contributed by atoms with Gasteiger partial charge in [-0.1, -0.05) is 6.07 Å². The summed E-state index contributed by atoms with van der Waals surface area (Å²) in [4.78, 5) is 14.3. The van der Waals surface area contributed by atoms with Crippen LogP contribution in [-0.4, -0.2) is 36.6 Å². The third-order valence-corrected chi connectivity index (χ3v) is 3.97. The van der Waals surface area contributed by atoms with Crippen molar-refractivity contribution in [2.45, 2.75) is 32.3 Å². The Labute approximate surface area is 114 Å². The normalized spacial score (nSPS) is 23.4. The molecule has 0 aliphatic carbocycles. The lowest BCUT2D eigenvalue weighted by Gasteiger charge is -2.39. The Morgan fingerprint density at radius 1 is 1.47 bits per heavy atom. The molecule has 19 heavy (non-hydrogen) atoms. The Bertz CT molecular complexity index is 487. The molecule has 1 aliphatic rings. The molecule has 1 heterocycles. The van der Waals surface area contributed by atoms with E-state index in [-0.39, 0.29) is 11.5 Å². The molecule has 104 valence electrons. The number of carbonyl (C=O) groups is 1. The maximum atomic E-state index is 12.5. The lowest BCUT2D eigenvalue weighted by atomic mass is 9.94. The molecule has 1 atom stereocenters. The van der Waals surface area contributed by atoms with E-state index in [4.69, 9.17) is 10.5 Å². The number of likely N-dealkylation sites (tertiary alicyclic amines) is 1. The molecule has 1 aromatic rings. The molecule has 0 aromatic heterocycles. The quantitative estimate of drug-likeness (QED) is 0.831. The minimum absolute atomic E-state index is 0.0367. The standard InChI is InChI=1S/C15H22N2O2/c1-11-5-6-12(9-13(11)16)14(18)17-8-4-7-15(2,10-17)19-3/h5-6,9H,4,7-8,10,16H2,1-3H3. The lowest BCUT2D eigenvalue weighted by molar-refractivity contribution is -0.0440. The third-order valence-electron chi connectivity index (χ3n) is 3.97. The van der Waals surface area contributed by atoms with E-state index >= 15 is 0 Å². The molecule has 0 saturated carbocycles. The first kappa shape index (κ1) is 13.9. The molecular formula is C15H22N2O2. The fourth-order valence-corrected chi connectivity index (χ4v) is 2.50. The number of nitrogen functional groups attached to an aromatic ring is 1. The Morgan fingerprint density at radius 2 is 2.21 bits per heavy atom. The van der Waals surface area contributed by atoms with Crippen LogP contribution in [0.5, 0.6) is 0 Å². The number of ether oxygens (including phenoxy) is 1. The van der Waals surface area contributed by atoms with Crippen LogP contribution >= 0.6 is 0 Å². The van der Waals surface area contributed by atoms with Crippen LogP contribution in [-0.2, 0) is 4.74 Å². The number of anilines is 1. The van der Waals surface area contributed by atoms with Gasteiger partial charge in [0.2, 0.25) is 0 Å². The van der Waals surface area contributed by atoms with Gasteiger partial charge in [0, 0.05) is 31.5 Å². The predicted octanol–water partition coefficient (Wildman–Crippen LogP) is 2.22. The number of carbonyl (C=O) groups excluding carboxylic acids is 1. The molecule has 1 aromatic carbocycles. The highest BCUT2D eigenvalue weighted by molar-refractivity contribution is 5.95. The molecule has 1 saturated heterocycles. The van der Waals surface area contributed by atoms with Gasteiger partial charge in [0.15, 0.2) is 0 Å². The summed E-state index contributed by atoms with van der Waals surface area (Å²) in [5.41, 5.74) is 7.96. The summed E-state index contributed by atoms with van der Waals surface area (Å²) in [6.07, 6.45) is 1.96. The molecule has 0 spiro atoms. The van der Waals surface area contributed by atoms with Crippen molar-refractivity contribution in [3.05, 3.63) is 29.3 Å². The van der Waals surface area contributed by atoms with E-state index < -0.39 is 0 Å². The number of rotatable bonds is 2. The predicted molar refractivity (Wildman–Crippen MR) is 76.1 cm³/mol. The first-order valence-corrected chi connectivity index (χ1v) is 6.66. The minimum atomic E-state index is -0.232. The first-order chi connectivity index (χ1) is 8.95. The van der Waals surface area contributed by atoms with Gasteiger partial charge in [0.25, 0.3) is 5.91 Å². The van der Waals surface area contributed by atoms with Crippen LogP contribution in [0.1, 0.15) is 35.7 Å². The number of benzene rings is 1. The van der Waals surface area contributed by atoms with Crippen molar-refractivity contribution < 1.29 is 9.53 Å². The van der Waals surface area contributed by atoms with E-state index in [0.717, 1.165) is 24.9 Å². The Hall–Kier alpha value is -1.55. The van der Waals surface area contributed by atoms with Gasteiger partial charge >= 0.3 is 0 Å². The summed E-state index contributed by atoms with van der Waals surface area (Å²) < 4.78 is 5.52. The van der Waals surface area contributed by atoms with Gasteiger partial charge in [-0.05, 0) is 44.4 Å². The van der Waals surface area contributed by atoms with Crippen molar-refractivity contribution in [1.29, 1.82) is 0 Å². The fraction of sp³-hybridized carbons (Fsp3) is 0.533. The number of hydrogen-bond donors (Lipinski definition) is 1. The summed E-state index contributed by atoms with van der Waals surface area (Å²) in [7, 11) is 1.71. The van der Waals surface area contributed by atoms with Crippen molar-refractivity contribution in [2.75, 3.05) is 25.9 Å². The molecule has 0 radical (unpaired) electrons. The number of methoxy groups -OCH3 is 1. The third kappa shape index (κ3) is 2.89.